The molecule has 0 amide bonds. The van der Waals surface area contributed by atoms with Crippen LogP contribution in [0.15, 0.2) is 0 Å². The van der Waals surface area contributed by atoms with Crippen molar-refractivity contribution in [1.29, 1.82) is 0 Å². The van der Waals surface area contributed by atoms with E-state index in [1.165, 1.54) is 12.8 Å². The van der Waals surface area contributed by atoms with E-state index in [2.05, 4.69) is 42.5 Å². The Kier molecular flexibility index (Phi) is 31.9. The summed E-state index contributed by atoms with van der Waals surface area (Å²) in [5.41, 5.74) is 0. The molecule has 0 aromatic carbocycles. The highest BCUT2D eigenvalue weighted by Crippen LogP contribution is 2.01. The molecule has 54 heavy (non-hydrogen) atoms. The number of hydrogen-bond donors (Lipinski definition) is 12. The van der Waals surface area contributed by atoms with Crippen LogP contribution in [-0.2, 0) is 19.2 Å². The molecule has 3 aliphatic rings. The van der Waals surface area contributed by atoms with Crippen LogP contribution in [0.2, 0.25) is 0 Å². The van der Waals surface area contributed by atoms with Crippen LogP contribution >= 0.6 is 0 Å². The highest BCUT2D eigenvalue weighted by Gasteiger charge is 2.20. The number of carboxylic acids is 4. The normalized spacial score (nSPS) is 21.6. The summed E-state index contributed by atoms with van der Waals surface area (Å²) in [6, 6.07) is 0. The standard InChI is InChI=1S/C16H28N4O8.C10H24N4.C8H20N4/c21-13(22)9-17-1-2-18(10-14(23)24)5-6-20(12-16(27)28)8-7-19(4-3-17)11-15(25)26;1-3-11-7-9-13-5-2-6-14-10-8-12-4-1;1-2-10-5-6-12-8-7-11-4-3-9-1/h1-12H2,(H,21,22)(H,23,24)(H,25,26)(H,27,28);11-14H,1-10H2;9-12H,1-8H2. The molecular formula is C34H72N12O8. The number of carboxylic acid groups (broad SMARTS) is 4. The predicted molar refractivity (Wildman–Crippen MR) is 208 cm³/mol. The van der Waals surface area contributed by atoms with Gasteiger partial charge >= 0.3 is 23.9 Å². The van der Waals surface area contributed by atoms with Crippen LogP contribution in [0.1, 0.15) is 12.8 Å². The highest BCUT2D eigenvalue weighted by molar-refractivity contribution is 5.70. The highest BCUT2D eigenvalue weighted by atomic mass is 16.4. The summed E-state index contributed by atoms with van der Waals surface area (Å²) in [5, 5.41) is 63.4. The van der Waals surface area contributed by atoms with E-state index in [0.29, 0.717) is 52.4 Å². The fourth-order valence-electron chi connectivity index (χ4n) is 5.71. The number of aliphatic carboxylic acids is 4. The Morgan fingerprint density at radius 1 is 0.296 bits per heavy atom. The third-order valence-corrected chi connectivity index (χ3v) is 8.65. The first-order valence-corrected chi connectivity index (χ1v) is 19.6. The molecule has 20 nitrogen and oxygen atoms in total. The van der Waals surface area contributed by atoms with Crippen molar-refractivity contribution in [2.45, 2.75) is 12.8 Å². The van der Waals surface area contributed by atoms with Gasteiger partial charge in [0.2, 0.25) is 0 Å². The van der Waals surface area contributed by atoms with E-state index in [0.717, 1.165) is 105 Å². The summed E-state index contributed by atoms with van der Waals surface area (Å²) in [5.74, 6) is -4.08. The molecule has 0 aromatic heterocycles. The fourth-order valence-corrected chi connectivity index (χ4v) is 5.71. The Bertz CT molecular complexity index is 765. The average Bonchev–Trinajstić information content (AvgIpc) is 3.10. The molecule has 0 aliphatic carbocycles. The van der Waals surface area contributed by atoms with Crippen molar-refractivity contribution >= 4 is 23.9 Å². The third kappa shape index (κ3) is 32.8. The minimum absolute atomic E-state index is 0.229. The Hall–Kier alpha value is -2.60. The van der Waals surface area contributed by atoms with Gasteiger partial charge in [-0.2, -0.15) is 0 Å². The zero-order chi connectivity index (χ0) is 39.5. The van der Waals surface area contributed by atoms with Crippen LogP contribution in [0.3, 0.4) is 0 Å². The van der Waals surface area contributed by atoms with Gasteiger partial charge in [0, 0.05) is 131 Å². The summed E-state index contributed by atoms with van der Waals surface area (Å²) in [6.07, 6.45) is 2.44. The fraction of sp³-hybridized carbons (Fsp3) is 0.882. The number of carbonyl (C=O) groups is 4. The van der Waals surface area contributed by atoms with Crippen molar-refractivity contribution in [3.63, 3.8) is 0 Å². The summed E-state index contributed by atoms with van der Waals surface area (Å²) < 4.78 is 0. The summed E-state index contributed by atoms with van der Waals surface area (Å²) in [7, 11) is 0. The van der Waals surface area contributed by atoms with E-state index in [1.54, 1.807) is 19.6 Å². The largest absolute Gasteiger partial charge is 0.480 e. The van der Waals surface area contributed by atoms with E-state index in [-0.39, 0.29) is 26.2 Å². The molecule has 0 unspecified atom stereocenters. The summed E-state index contributed by atoms with van der Waals surface area (Å²) in [4.78, 5) is 50.9. The Morgan fingerprint density at radius 3 is 0.593 bits per heavy atom. The zero-order valence-corrected chi connectivity index (χ0v) is 32.4. The van der Waals surface area contributed by atoms with Gasteiger partial charge < -0.3 is 63.0 Å². The maximum absolute atomic E-state index is 11.1. The lowest BCUT2D eigenvalue weighted by atomic mass is 10.3. The van der Waals surface area contributed by atoms with E-state index < -0.39 is 23.9 Å². The second kappa shape index (κ2) is 34.9. The number of hydrogen-bond acceptors (Lipinski definition) is 16. The third-order valence-electron chi connectivity index (χ3n) is 8.65. The van der Waals surface area contributed by atoms with Crippen LogP contribution in [0, 0.1) is 0 Å². The van der Waals surface area contributed by atoms with E-state index in [9.17, 15) is 19.2 Å². The molecule has 3 aliphatic heterocycles. The van der Waals surface area contributed by atoms with Gasteiger partial charge in [-0.05, 0) is 39.0 Å². The van der Waals surface area contributed by atoms with Gasteiger partial charge in [-0.1, -0.05) is 0 Å². The quantitative estimate of drug-likeness (QED) is 0.110. The number of nitrogens with zero attached hydrogens (tertiary/aromatic N) is 4. The van der Waals surface area contributed by atoms with Gasteiger partial charge in [-0.3, -0.25) is 38.8 Å². The molecule has 0 radical (unpaired) electrons. The second-order valence-corrected chi connectivity index (χ2v) is 13.4. The van der Waals surface area contributed by atoms with Crippen LogP contribution in [0.25, 0.3) is 0 Å². The summed E-state index contributed by atoms with van der Waals surface area (Å²) >= 11 is 0. The molecule has 316 valence electrons. The van der Waals surface area contributed by atoms with Crippen LogP contribution in [0.5, 0.6) is 0 Å². The molecule has 0 aromatic rings. The smallest absolute Gasteiger partial charge is 0.317 e. The minimum Gasteiger partial charge on any atom is -0.480 e. The van der Waals surface area contributed by atoms with Crippen molar-refractivity contribution in [2.24, 2.45) is 0 Å². The first-order valence-electron chi connectivity index (χ1n) is 19.6. The molecule has 3 rings (SSSR count). The zero-order valence-electron chi connectivity index (χ0n) is 32.4. The molecular weight excluding hydrogens is 704 g/mol. The average molecular weight is 777 g/mol. The topological polar surface area (TPSA) is 258 Å². The molecule has 3 fully saturated rings. The van der Waals surface area contributed by atoms with Gasteiger partial charge in [0.1, 0.15) is 0 Å². The van der Waals surface area contributed by atoms with Crippen LogP contribution in [-0.4, -0.2) is 247 Å². The van der Waals surface area contributed by atoms with Gasteiger partial charge in [-0.15, -0.1) is 0 Å². The van der Waals surface area contributed by atoms with Gasteiger partial charge in [0.25, 0.3) is 0 Å². The van der Waals surface area contributed by atoms with Crippen molar-refractivity contribution < 1.29 is 39.6 Å². The Balaban J connectivity index is 0.000000462. The van der Waals surface area contributed by atoms with Crippen LogP contribution in [0.4, 0.5) is 0 Å². The lowest BCUT2D eigenvalue weighted by Gasteiger charge is -2.32. The van der Waals surface area contributed by atoms with Gasteiger partial charge in [0.05, 0.1) is 26.2 Å². The monoisotopic (exact) mass is 777 g/mol. The molecule has 0 spiro atoms. The van der Waals surface area contributed by atoms with Crippen molar-refractivity contribution in [3.05, 3.63) is 0 Å². The maximum atomic E-state index is 11.1. The number of nitrogens with one attached hydrogen (secondary N) is 8. The van der Waals surface area contributed by atoms with E-state index in [4.69, 9.17) is 20.4 Å². The number of rotatable bonds is 8. The molecule has 0 bridgehead atoms. The van der Waals surface area contributed by atoms with E-state index in [1.807, 2.05) is 0 Å². The van der Waals surface area contributed by atoms with E-state index >= 15 is 0 Å². The molecule has 0 atom stereocenters. The van der Waals surface area contributed by atoms with Crippen LogP contribution < -0.4 is 42.5 Å². The maximum Gasteiger partial charge on any atom is 0.317 e. The first kappa shape index (κ1) is 49.4. The molecule has 3 saturated heterocycles. The Labute approximate surface area is 321 Å². The minimum atomic E-state index is -1.02. The SMILES string of the molecule is C1CNCCNCCCNCCNC1.C1CNCCNCCNCCN1.O=C(O)CN1CCN(CC(=O)O)CCN(CC(=O)O)CCN(CC(=O)O)CC1. The van der Waals surface area contributed by atoms with Crippen molar-refractivity contribution in [3.8, 4) is 0 Å². The lowest BCUT2D eigenvalue weighted by molar-refractivity contribution is -0.141. The summed E-state index contributed by atoms with van der Waals surface area (Å²) in [6.45, 7) is 19.0. The lowest BCUT2D eigenvalue weighted by Crippen LogP contribution is -2.49. The van der Waals surface area contributed by atoms with Gasteiger partial charge in [-0.25, -0.2) is 0 Å². The molecule has 3 heterocycles. The molecule has 12 N–H and O–H groups in total. The van der Waals surface area contributed by atoms with Crippen molar-refractivity contribution in [1.82, 2.24) is 62.1 Å². The first-order chi connectivity index (χ1) is 26.2. The second-order valence-electron chi connectivity index (χ2n) is 13.4. The van der Waals surface area contributed by atoms with Crippen molar-refractivity contribution in [2.75, 3.05) is 183 Å². The Morgan fingerprint density at radius 2 is 0.444 bits per heavy atom. The molecule has 0 saturated carbocycles. The predicted octanol–water partition coefficient (Wildman–Crippen LogP) is -4.96. The molecule has 20 heteroatoms. The van der Waals surface area contributed by atoms with Gasteiger partial charge in [0.15, 0.2) is 0 Å².